The summed E-state index contributed by atoms with van der Waals surface area (Å²) in [4.78, 5) is 24.2. The molecule has 1 N–H and O–H groups in total. The fraction of sp³-hybridized carbons (Fsp3) is 0.571. The maximum Gasteiger partial charge on any atom is 0.413 e. The van der Waals surface area contributed by atoms with Gasteiger partial charge in [0, 0.05) is 6.92 Å². The number of hydrogen-bond acceptors (Lipinski definition) is 3. The smallest absolute Gasteiger partial charge is 0.413 e. The monoisotopic (exact) mass is 170 g/mol. The van der Waals surface area contributed by atoms with E-state index in [2.05, 4.69) is 14.9 Å². The van der Waals surface area contributed by atoms with Crippen molar-refractivity contribution in [1.29, 1.82) is 0 Å². The van der Waals surface area contributed by atoms with E-state index in [0.717, 1.165) is 0 Å². The van der Waals surface area contributed by atoms with Gasteiger partial charge in [0.2, 0.25) is 5.91 Å². The molecule has 0 rings (SSSR count). The first-order valence-electron chi connectivity index (χ1n) is 3.42. The van der Waals surface area contributed by atoms with E-state index in [9.17, 15) is 9.59 Å². The average Bonchev–Trinajstić information content (AvgIpc) is 2.00. The summed E-state index contributed by atoms with van der Waals surface area (Å²) in [5.74, 6) is -1.15. The highest BCUT2D eigenvalue weighted by Gasteiger charge is 2.25. The Kier molecular flexibility index (Phi) is 4.46. The fourth-order valence-corrected chi connectivity index (χ4v) is 0.558. The molecule has 0 aliphatic carbocycles. The molecule has 0 spiro atoms. The first kappa shape index (κ1) is 10.4. The predicted octanol–water partition coefficient (Wildman–Crippen LogP) is -0.0690. The minimum absolute atomic E-state index is 0.199. The molecule has 1 atom stereocenters. The van der Waals surface area contributed by atoms with Gasteiger partial charge in [-0.25, -0.2) is 11.4 Å². The van der Waals surface area contributed by atoms with Gasteiger partial charge in [-0.3, -0.25) is 15.0 Å². The first-order chi connectivity index (χ1) is 5.61. The van der Waals surface area contributed by atoms with Crippen molar-refractivity contribution in [2.24, 2.45) is 0 Å². The van der Waals surface area contributed by atoms with Crippen molar-refractivity contribution in [3.05, 3.63) is 11.4 Å². The Morgan fingerprint density at radius 3 is 2.58 bits per heavy atom. The van der Waals surface area contributed by atoms with Crippen molar-refractivity contribution in [3.8, 4) is 0 Å². The van der Waals surface area contributed by atoms with E-state index in [1.807, 2.05) is 0 Å². The summed E-state index contributed by atoms with van der Waals surface area (Å²) in [6, 6.07) is 0. The summed E-state index contributed by atoms with van der Waals surface area (Å²) < 4.78 is 4.53. The quantitative estimate of drug-likeness (QED) is 0.476. The van der Waals surface area contributed by atoms with Crippen molar-refractivity contribution in [2.45, 2.75) is 20.0 Å². The van der Waals surface area contributed by atoms with Gasteiger partial charge in [0.1, 0.15) is 0 Å². The molecule has 0 bridgehead atoms. The third-order valence-electron chi connectivity index (χ3n) is 0.979. The molecule has 0 saturated carbocycles. The van der Waals surface area contributed by atoms with Crippen LogP contribution in [-0.2, 0) is 14.3 Å². The van der Waals surface area contributed by atoms with Gasteiger partial charge in [0.25, 0.3) is 0 Å². The highest BCUT2D eigenvalue weighted by Crippen LogP contribution is 1.90. The normalized spacial score (nSPS) is 11.1. The number of esters is 1. The molecule has 0 aromatic rings. The van der Waals surface area contributed by atoms with Crippen molar-refractivity contribution in [3.63, 3.8) is 0 Å². The van der Waals surface area contributed by atoms with Crippen LogP contribution >= 0.6 is 0 Å². The van der Waals surface area contributed by atoms with Crippen molar-refractivity contribution < 1.29 is 14.3 Å². The minimum Gasteiger partial charge on any atom is -0.459 e. The molecule has 66 valence electrons. The van der Waals surface area contributed by atoms with E-state index in [-0.39, 0.29) is 6.61 Å². The SMILES string of the molecule is [C-]#[N+]C(NC(C)=O)C(=O)OCC. The highest BCUT2D eigenvalue weighted by molar-refractivity contribution is 5.84. The maximum atomic E-state index is 10.9. The van der Waals surface area contributed by atoms with Crippen LogP contribution in [0.4, 0.5) is 0 Å². The number of nitrogens with one attached hydrogen (secondary N) is 1. The molecule has 1 amide bonds. The molecular formula is C7H10N2O3. The zero-order valence-electron chi connectivity index (χ0n) is 6.96. The maximum absolute atomic E-state index is 10.9. The van der Waals surface area contributed by atoms with Gasteiger partial charge in [0.15, 0.2) is 0 Å². The van der Waals surface area contributed by atoms with Gasteiger partial charge in [0.05, 0.1) is 6.61 Å². The lowest BCUT2D eigenvalue weighted by atomic mass is 10.5. The molecule has 0 saturated heterocycles. The summed E-state index contributed by atoms with van der Waals surface area (Å²) in [7, 11) is 0. The van der Waals surface area contributed by atoms with E-state index >= 15 is 0 Å². The largest absolute Gasteiger partial charge is 0.459 e. The summed E-state index contributed by atoms with van der Waals surface area (Å²) in [5, 5.41) is 2.15. The Hall–Kier alpha value is -1.57. The van der Waals surface area contributed by atoms with Crippen LogP contribution in [0.1, 0.15) is 13.8 Å². The minimum atomic E-state index is -1.21. The molecule has 1 unspecified atom stereocenters. The highest BCUT2D eigenvalue weighted by atomic mass is 16.5. The Balaban J connectivity index is 4.08. The lowest BCUT2D eigenvalue weighted by molar-refractivity contribution is -0.145. The Morgan fingerprint density at radius 1 is 1.67 bits per heavy atom. The molecule has 0 radical (unpaired) electrons. The van der Waals surface area contributed by atoms with Gasteiger partial charge in [-0.1, -0.05) is 0 Å². The van der Waals surface area contributed by atoms with E-state index in [4.69, 9.17) is 6.57 Å². The third-order valence-corrected chi connectivity index (χ3v) is 0.979. The fourth-order valence-electron chi connectivity index (χ4n) is 0.558. The number of carbonyl (C=O) groups excluding carboxylic acids is 2. The van der Waals surface area contributed by atoms with E-state index in [1.54, 1.807) is 6.92 Å². The van der Waals surface area contributed by atoms with Gasteiger partial charge < -0.3 is 4.74 Å². The van der Waals surface area contributed by atoms with Gasteiger partial charge >= 0.3 is 12.1 Å². The van der Waals surface area contributed by atoms with Gasteiger partial charge in [-0.2, -0.15) is 0 Å². The molecule has 0 aromatic heterocycles. The topological polar surface area (TPSA) is 59.8 Å². The van der Waals surface area contributed by atoms with E-state index in [0.29, 0.717) is 0 Å². The summed E-state index contributed by atoms with van der Waals surface area (Å²) >= 11 is 0. The second-order valence-corrected chi connectivity index (χ2v) is 1.98. The van der Waals surface area contributed by atoms with Crippen LogP contribution in [0.15, 0.2) is 0 Å². The molecule has 0 fully saturated rings. The molecule has 0 heterocycles. The molecule has 0 aromatic carbocycles. The number of rotatable bonds is 3. The van der Waals surface area contributed by atoms with Crippen molar-refractivity contribution in [2.75, 3.05) is 6.61 Å². The Labute approximate surface area is 70.5 Å². The molecule has 12 heavy (non-hydrogen) atoms. The average molecular weight is 170 g/mol. The summed E-state index contributed by atoms with van der Waals surface area (Å²) in [5.41, 5.74) is 0. The van der Waals surface area contributed by atoms with Crippen LogP contribution in [0.2, 0.25) is 0 Å². The second-order valence-electron chi connectivity index (χ2n) is 1.98. The van der Waals surface area contributed by atoms with Crippen LogP contribution in [-0.4, -0.2) is 24.6 Å². The molecule has 5 heteroatoms. The zero-order chi connectivity index (χ0) is 9.56. The van der Waals surface area contributed by atoms with E-state index in [1.165, 1.54) is 6.92 Å². The van der Waals surface area contributed by atoms with Crippen LogP contribution in [0, 0.1) is 6.57 Å². The van der Waals surface area contributed by atoms with Crippen LogP contribution in [0.3, 0.4) is 0 Å². The molecular weight excluding hydrogens is 160 g/mol. The molecule has 0 aliphatic rings. The third kappa shape index (κ3) is 3.56. The Bertz CT molecular complexity index is 219. The van der Waals surface area contributed by atoms with Crippen LogP contribution in [0.25, 0.3) is 4.85 Å². The zero-order valence-corrected chi connectivity index (χ0v) is 6.96. The van der Waals surface area contributed by atoms with Gasteiger partial charge in [-0.15, -0.1) is 0 Å². The number of carbonyl (C=O) groups is 2. The predicted molar refractivity (Wildman–Crippen MR) is 40.8 cm³/mol. The lowest BCUT2D eigenvalue weighted by Crippen LogP contribution is -2.38. The van der Waals surface area contributed by atoms with Crippen LogP contribution < -0.4 is 5.32 Å². The summed E-state index contributed by atoms with van der Waals surface area (Å²) in [6.45, 7) is 9.64. The summed E-state index contributed by atoms with van der Waals surface area (Å²) in [6.07, 6.45) is -1.21. The van der Waals surface area contributed by atoms with Crippen LogP contribution in [0.5, 0.6) is 0 Å². The second kappa shape index (κ2) is 5.13. The standard InChI is InChI=1S/C7H10N2O3/c1-4-12-7(11)6(8-3)9-5(2)10/h6H,4H2,1-2H3,(H,9,10). The molecule has 5 nitrogen and oxygen atoms in total. The molecule has 0 aliphatic heterocycles. The first-order valence-corrected chi connectivity index (χ1v) is 3.42. The number of amides is 1. The number of ether oxygens (including phenoxy) is 1. The van der Waals surface area contributed by atoms with E-state index < -0.39 is 18.0 Å². The Morgan fingerprint density at radius 2 is 2.25 bits per heavy atom. The lowest BCUT2D eigenvalue weighted by Gasteiger charge is -2.04. The number of nitrogens with zero attached hydrogens (tertiary/aromatic N) is 1. The van der Waals surface area contributed by atoms with Crippen molar-refractivity contribution in [1.82, 2.24) is 5.32 Å². The van der Waals surface area contributed by atoms with Gasteiger partial charge in [-0.05, 0) is 6.92 Å². The number of hydrogen-bond donors (Lipinski definition) is 1. The van der Waals surface area contributed by atoms with Crippen molar-refractivity contribution >= 4 is 11.9 Å².